The lowest BCUT2D eigenvalue weighted by Gasteiger charge is -1.96. The van der Waals surface area contributed by atoms with E-state index in [0.29, 0.717) is 17.3 Å². The molecule has 84 valence electrons. The number of esters is 1. The molecule has 1 aromatic carbocycles. The summed E-state index contributed by atoms with van der Waals surface area (Å²) >= 11 is 8.15. The smallest absolute Gasteiger partial charge is 0.354 e. The molecular weight excluding hydrogens is 340 g/mol. The second-order valence-corrected chi connectivity index (χ2v) is 4.83. The van der Waals surface area contributed by atoms with Crippen LogP contribution in [0.15, 0.2) is 18.2 Å². The van der Waals surface area contributed by atoms with Gasteiger partial charge in [0.1, 0.15) is 5.69 Å². The maximum absolute atomic E-state index is 11.5. The number of aromatic amines is 1. The van der Waals surface area contributed by atoms with Gasteiger partial charge in [-0.3, -0.25) is 0 Å². The number of H-pyrrole nitrogens is 1. The van der Waals surface area contributed by atoms with Crippen LogP contribution in [0.4, 0.5) is 0 Å². The zero-order valence-corrected chi connectivity index (χ0v) is 11.4. The minimum Gasteiger partial charge on any atom is -0.461 e. The first-order valence-corrected chi connectivity index (χ1v) is 6.22. The molecule has 0 amide bonds. The lowest BCUT2D eigenvalue weighted by Crippen LogP contribution is -2.04. The van der Waals surface area contributed by atoms with E-state index in [1.807, 2.05) is 6.07 Å². The summed E-state index contributed by atoms with van der Waals surface area (Å²) in [7, 11) is 0. The Morgan fingerprint density at radius 3 is 2.94 bits per heavy atom. The average Bonchev–Trinajstić information content (AvgIpc) is 2.62. The van der Waals surface area contributed by atoms with Crippen LogP contribution in [0.25, 0.3) is 10.9 Å². The first-order chi connectivity index (χ1) is 7.61. The molecule has 0 saturated carbocycles. The molecule has 0 spiro atoms. The Balaban J connectivity index is 2.48. The second kappa shape index (κ2) is 4.63. The molecular formula is C11H9ClINO2. The van der Waals surface area contributed by atoms with Crippen molar-refractivity contribution >= 4 is 51.1 Å². The number of ether oxygens (including phenoxy) is 1. The molecule has 2 rings (SSSR count). The molecule has 2 aromatic rings. The molecule has 0 unspecified atom stereocenters. The third-order valence-corrected chi connectivity index (χ3v) is 3.68. The van der Waals surface area contributed by atoms with Crippen molar-refractivity contribution in [2.75, 3.05) is 6.61 Å². The largest absolute Gasteiger partial charge is 0.461 e. The van der Waals surface area contributed by atoms with Crippen LogP contribution in [0, 0.1) is 3.57 Å². The van der Waals surface area contributed by atoms with Gasteiger partial charge < -0.3 is 9.72 Å². The van der Waals surface area contributed by atoms with Crippen LogP contribution in [0.2, 0.25) is 5.02 Å². The van der Waals surface area contributed by atoms with Crippen LogP contribution >= 0.6 is 34.2 Å². The monoisotopic (exact) mass is 349 g/mol. The lowest BCUT2D eigenvalue weighted by molar-refractivity contribution is 0.0520. The molecule has 1 heterocycles. The third-order valence-electron chi connectivity index (χ3n) is 2.16. The highest BCUT2D eigenvalue weighted by Gasteiger charge is 2.11. The summed E-state index contributed by atoms with van der Waals surface area (Å²) in [5, 5.41) is 1.63. The van der Waals surface area contributed by atoms with Gasteiger partial charge in [-0.15, -0.1) is 0 Å². The number of halogens is 2. The van der Waals surface area contributed by atoms with E-state index in [9.17, 15) is 4.79 Å². The number of hydrogen-bond donors (Lipinski definition) is 1. The SMILES string of the molecule is CCOC(=O)c1cc2cc(I)c(Cl)cc2[nH]1. The molecule has 16 heavy (non-hydrogen) atoms. The normalized spacial score (nSPS) is 10.7. The summed E-state index contributed by atoms with van der Waals surface area (Å²) in [5.74, 6) is -0.343. The highest BCUT2D eigenvalue weighted by atomic mass is 127. The summed E-state index contributed by atoms with van der Waals surface area (Å²) in [5.41, 5.74) is 1.29. The second-order valence-electron chi connectivity index (χ2n) is 3.26. The zero-order valence-electron chi connectivity index (χ0n) is 8.51. The number of carbonyl (C=O) groups excluding carboxylic acids is 1. The number of hydrogen-bond acceptors (Lipinski definition) is 2. The molecule has 0 saturated heterocycles. The molecule has 1 N–H and O–H groups in total. The third kappa shape index (κ3) is 2.17. The first kappa shape index (κ1) is 11.7. The minimum absolute atomic E-state index is 0.343. The number of aromatic nitrogens is 1. The number of fused-ring (bicyclic) bond motifs is 1. The maximum Gasteiger partial charge on any atom is 0.354 e. The molecule has 0 aliphatic heterocycles. The number of carbonyl (C=O) groups is 1. The van der Waals surface area contributed by atoms with Crippen molar-refractivity contribution in [3.05, 3.63) is 32.5 Å². The van der Waals surface area contributed by atoms with Gasteiger partial charge in [0.25, 0.3) is 0 Å². The predicted octanol–water partition coefficient (Wildman–Crippen LogP) is 3.60. The zero-order chi connectivity index (χ0) is 11.7. The van der Waals surface area contributed by atoms with Gasteiger partial charge in [0.15, 0.2) is 0 Å². The minimum atomic E-state index is -0.343. The van der Waals surface area contributed by atoms with Crippen LogP contribution in [-0.2, 0) is 4.74 Å². The van der Waals surface area contributed by atoms with Crippen molar-refractivity contribution in [3.8, 4) is 0 Å². The average molecular weight is 350 g/mol. The van der Waals surface area contributed by atoms with Gasteiger partial charge in [-0.1, -0.05) is 11.6 Å². The Hall–Kier alpha value is -0.750. The van der Waals surface area contributed by atoms with Gasteiger partial charge >= 0.3 is 5.97 Å². The summed E-state index contributed by atoms with van der Waals surface area (Å²) in [6.45, 7) is 2.15. The molecule has 1 aromatic heterocycles. The number of rotatable bonds is 2. The van der Waals surface area contributed by atoms with Crippen molar-refractivity contribution < 1.29 is 9.53 Å². The Kier molecular flexibility index (Phi) is 3.39. The van der Waals surface area contributed by atoms with Gasteiger partial charge in [0, 0.05) is 14.5 Å². The van der Waals surface area contributed by atoms with Crippen LogP contribution < -0.4 is 0 Å². The first-order valence-electron chi connectivity index (χ1n) is 4.76. The molecule has 0 bridgehead atoms. The van der Waals surface area contributed by atoms with Crippen LogP contribution in [0.5, 0.6) is 0 Å². The Labute approximate surface area is 111 Å². The Morgan fingerprint density at radius 1 is 1.50 bits per heavy atom. The van der Waals surface area contributed by atoms with E-state index in [4.69, 9.17) is 16.3 Å². The van der Waals surface area contributed by atoms with Crippen LogP contribution in [0.1, 0.15) is 17.4 Å². The Bertz CT molecular complexity index is 511. The van der Waals surface area contributed by atoms with E-state index in [1.165, 1.54) is 0 Å². The van der Waals surface area contributed by atoms with E-state index >= 15 is 0 Å². The van der Waals surface area contributed by atoms with Crippen LogP contribution in [0.3, 0.4) is 0 Å². The van der Waals surface area contributed by atoms with Crippen molar-refractivity contribution in [2.24, 2.45) is 0 Å². The standard InChI is InChI=1S/C11H9ClINO2/c1-2-16-11(15)10-4-6-3-8(13)7(12)5-9(6)14-10/h3-5,14H,2H2,1H3. The molecule has 5 heteroatoms. The van der Waals surface area contributed by atoms with Crippen molar-refractivity contribution in [2.45, 2.75) is 6.92 Å². The van der Waals surface area contributed by atoms with Gasteiger partial charge in [-0.05, 0) is 47.7 Å². The van der Waals surface area contributed by atoms with Gasteiger partial charge in [0.2, 0.25) is 0 Å². The highest BCUT2D eigenvalue weighted by molar-refractivity contribution is 14.1. The number of benzene rings is 1. The van der Waals surface area contributed by atoms with E-state index in [-0.39, 0.29) is 5.97 Å². The van der Waals surface area contributed by atoms with E-state index in [2.05, 4.69) is 27.6 Å². The molecule has 0 radical (unpaired) electrons. The quantitative estimate of drug-likeness (QED) is 0.665. The van der Waals surface area contributed by atoms with Gasteiger partial charge in [-0.25, -0.2) is 4.79 Å². The fraction of sp³-hybridized carbons (Fsp3) is 0.182. The lowest BCUT2D eigenvalue weighted by atomic mass is 10.2. The van der Waals surface area contributed by atoms with E-state index in [0.717, 1.165) is 14.5 Å². The number of nitrogens with one attached hydrogen (secondary N) is 1. The fourth-order valence-electron chi connectivity index (χ4n) is 1.45. The van der Waals surface area contributed by atoms with Crippen LogP contribution in [-0.4, -0.2) is 17.6 Å². The molecule has 0 fully saturated rings. The Morgan fingerprint density at radius 2 is 2.25 bits per heavy atom. The molecule has 0 aliphatic carbocycles. The summed E-state index contributed by atoms with van der Waals surface area (Å²) in [6.07, 6.45) is 0. The van der Waals surface area contributed by atoms with Crippen molar-refractivity contribution in [1.82, 2.24) is 4.98 Å². The summed E-state index contributed by atoms with van der Waals surface area (Å²) in [6, 6.07) is 5.50. The topological polar surface area (TPSA) is 42.1 Å². The van der Waals surface area contributed by atoms with Gasteiger partial charge in [-0.2, -0.15) is 0 Å². The predicted molar refractivity (Wildman–Crippen MR) is 72.0 cm³/mol. The molecule has 0 atom stereocenters. The van der Waals surface area contributed by atoms with Gasteiger partial charge in [0.05, 0.1) is 11.6 Å². The van der Waals surface area contributed by atoms with E-state index < -0.39 is 0 Å². The van der Waals surface area contributed by atoms with E-state index in [1.54, 1.807) is 19.1 Å². The molecule has 0 aliphatic rings. The fourth-order valence-corrected chi connectivity index (χ4v) is 2.10. The maximum atomic E-state index is 11.5. The highest BCUT2D eigenvalue weighted by Crippen LogP contribution is 2.25. The summed E-state index contributed by atoms with van der Waals surface area (Å²) in [4.78, 5) is 14.5. The molecule has 3 nitrogen and oxygen atoms in total. The van der Waals surface area contributed by atoms with Crippen molar-refractivity contribution in [1.29, 1.82) is 0 Å². The summed E-state index contributed by atoms with van der Waals surface area (Å²) < 4.78 is 5.87. The van der Waals surface area contributed by atoms with Crippen molar-refractivity contribution in [3.63, 3.8) is 0 Å².